The summed E-state index contributed by atoms with van der Waals surface area (Å²) in [7, 11) is 0. The van der Waals surface area contributed by atoms with E-state index in [9.17, 15) is 0 Å². The third-order valence-corrected chi connectivity index (χ3v) is 4.59. The van der Waals surface area contributed by atoms with E-state index in [-0.39, 0.29) is 6.04 Å². The number of nitrogens with two attached hydrogens (primary N) is 1. The van der Waals surface area contributed by atoms with Gasteiger partial charge in [-0.3, -0.25) is 4.99 Å². The molecule has 0 unspecified atom stereocenters. The minimum atomic E-state index is 0.0486. The molecule has 0 saturated carbocycles. The van der Waals surface area contributed by atoms with Gasteiger partial charge in [-0.25, -0.2) is 0 Å². The summed E-state index contributed by atoms with van der Waals surface area (Å²) < 4.78 is 0. The van der Waals surface area contributed by atoms with Crippen molar-refractivity contribution in [2.75, 3.05) is 0 Å². The predicted molar refractivity (Wildman–Crippen MR) is 94.2 cm³/mol. The first-order valence-electron chi connectivity index (χ1n) is 6.51. The van der Waals surface area contributed by atoms with E-state index in [1.165, 1.54) is 11.8 Å². The fourth-order valence-electron chi connectivity index (χ4n) is 1.82. The zero-order chi connectivity index (χ0) is 15.2. The highest BCUT2D eigenvalue weighted by atomic mass is 35.5. The van der Waals surface area contributed by atoms with Crippen molar-refractivity contribution >= 4 is 40.1 Å². The highest BCUT2D eigenvalue weighted by molar-refractivity contribution is 8.13. The number of aliphatic imine (C=N–C) groups is 1. The number of benzene rings is 2. The quantitative estimate of drug-likeness (QED) is 0.606. The molecule has 0 aromatic heterocycles. The lowest BCUT2D eigenvalue weighted by molar-refractivity contribution is 0.822. The van der Waals surface area contributed by atoms with Crippen LogP contribution in [0.3, 0.4) is 0 Å². The van der Waals surface area contributed by atoms with E-state index < -0.39 is 0 Å². The monoisotopic (exact) mass is 338 g/mol. The van der Waals surface area contributed by atoms with E-state index in [1.54, 1.807) is 6.07 Å². The summed E-state index contributed by atoms with van der Waals surface area (Å²) in [5.74, 6) is 0.716. The number of rotatable bonds is 4. The topological polar surface area (TPSA) is 38.4 Å². The highest BCUT2D eigenvalue weighted by Crippen LogP contribution is 2.25. The Bertz CT molecular complexity index is 629. The smallest absolute Gasteiger partial charge is 0.154 e. The molecule has 0 amide bonds. The van der Waals surface area contributed by atoms with Crippen LogP contribution in [0, 0.1) is 0 Å². The zero-order valence-corrected chi connectivity index (χ0v) is 13.9. The van der Waals surface area contributed by atoms with Gasteiger partial charge in [0.05, 0.1) is 16.1 Å². The van der Waals surface area contributed by atoms with Crippen molar-refractivity contribution in [1.82, 2.24) is 0 Å². The Morgan fingerprint density at radius 1 is 1.14 bits per heavy atom. The van der Waals surface area contributed by atoms with Gasteiger partial charge in [-0.1, -0.05) is 71.4 Å². The molecule has 21 heavy (non-hydrogen) atoms. The minimum Gasteiger partial charge on any atom is -0.379 e. The average molecular weight is 339 g/mol. The molecular weight excluding hydrogens is 323 g/mol. The Kier molecular flexibility index (Phi) is 5.97. The van der Waals surface area contributed by atoms with Gasteiger partial charge >= 0.3 is 0 Å². The molecule has 0 radical (unpaired) electrons. The second-order valence-electron chi connectivity index (χ2n) is 4.59. The van der Waals surface area contributed by atoms with Gasteiger partial charge in [0.15, 0.2) is 5.17 Å². The first-order chi connectivity index (χ1) is 10.1. The normalized spacial score (nSPS) is 13.2. The van der Waals surface area contributed by atoms with E-state index in [0.29, 0.717) is 21.0 Å². The second-order valence-corrected chi connectivity index (χ2v) is 6.40. The maximum absolute atomic E-state index is 5.99. The van der Waals surface area contributed by atoms with Crippen molar-refractivity contribution in [1.29, 1.82) is 0 Å². The van der Waals surface area contributed by atoms with Crippen molar-refractivity contribution in [3.8, 4) is 0 Å². The lowest BCUT2D eigenvalue weighted by atomic mass is 10.1. The number of amidine groups is 1. The predicted octanol–water partition coefficient (Wildman–Crippen LogP) is 5.30. The Morgan fingerprint density at radius 2 is 1.86 bits per heavy atom. The third kappa shape index (κ3) is 4.95. The lowest BCUT2D eigenvalue weighted by Crippen LogP contribution is -2.09. The Hall–Kier alpha value is -1.16. The van der Waals surface area contributed by atoms with Crippen LogP contribution in [-0.4, -0.2) is 5.17 Å². The van der Waals surface area contributed by atoms with Gasteiger partial charge in [-0.2, -0.15) is 0 Å². The molecule has 2 N–H and O–H groups in total. The molecule has 0 aliphatic carbocycles. The summed E-state index contributed by atoms with van der Waals surface area (Å²) in [6.07, 6.45) is 0. The summed E-state index contributed by atoms with van der Waals surface area (Å²) in [6, 6.07) is 15.7. The number of hydrogen-bond donors (Lipinski definition) is 1. The van der Waals surface area contributed by atoms with E-state index in [2.05, 4.69) is 4.99 Å². The Morgan fingerprint density at radius 3 is 2.52 bits per heavy atom. The molecule has 5 heteroatoms. The fourth-order valence-corrected chi connectivity index (χ4v) is 2.87. The fraction of sp³-hybridized carbons (Fsp3) is 0.188. The van der Waals surface area contributed by atoms with Crippen molar-refractivity contribution in [2.24, 2.45) is 10.7 Å². The van der Waals surface area contributed by atoms with Crippen molar-refractivity contribution in [3.63, 3.8) is 0 Å². The van der Waals surface area contributed by atoms with Crippen molar-refractivity contribution < 1.29 is 0 Å². The van der Waals surface area contributed by atoms with E-state index in [1.807, 2.05) is 49.4 Å². The Labute approximate surface area is 139 Å². The number of nitrogens with zero attached hydrogens (tertiary/aromatic N) is 1. The zero-order valence-electron chi connectivity index (χ0n) is 11.6. The largest absolute Gasteiger partial charge is 0.379 e. The second kappa shape index (κ2) is 7.74. The van der Waals surface area contributed by atoms with Gasteiger partial charge in [-0.15, -0.1) is 0 Å². The summed E-state index contributed by atoms with van der Waals surface area (Å²) in [5.41, 5.74) is 8.20. The van der Waals surface area contributed by atoms with Crippen molar-refractivity contribution in [2.45, 2.75) is 18.7 Å². The molecule has 0 saturated heterocycles. The summed E-state index contributed by atoms with van der Waals surface area (Å²) in [4.78, 5) is 4.50. The van der Waals surface area contributed by atoms with Crippen LogP contribution >= 0.6 is 35.0 Å². The number of halogens is 2. The number of thioether (sulfide) groups is 1. The molecular formula is C16H16Cl2N2S. The van der Waals surface area contributed by atoms with Gasteiger partial charge in [0.2, 0.25) is 0 Å². The maximum atomic E-state index is 5.99. The van der Waals surface area contributed by atoms with Crippen LogP contribution in [0.2, 0.25) is 10.0 Å². The molecule has 0 bridgehead atoms. The third-order valence-electron chi connectivity index (χ3n) is 2.97. The van der Waals surface area contributed by atoms with Gasteiger partial charge in [0.1, 0.15) is 0 Å². The van der Waals surface area contributed by atoms with Gasteiger partial charge < -0.3 is 5.73 Å². The van der Waals surface area contributed by atoms with E-state index in [4.69, 9.17) is 28.9 Å². The molecule has 1 atom stereocenters. The summed E-state index contributed by atoms with van der Waals surface area (Å²) >= 11 is 13.4. The first-order valence-corrected chi connectivity index (χ1v) is 8.25. The van der Waals surface area contributed by atoms with Gasteiger partial charge in [0, 0.05) is 5.75 Å². The molecule has 0 aliphatic rings. The van der Waals surface area contributed by atoms with Crippen LogP contribution in [0.15, 0.2) is 53.5 Å². The standard InChI is InChI=1S/C16H16Cl2N2S/c1-11(13-5-3-2-4-6-13)20-16(19)21-10-12-7-8-14(17)15(18)9-12/h2-9,11H,10H2,1H3,(H2,19,20)/t11-/m1/s1. The molecule has 2 rings (SSSR count). The molecule has 0 aliphatic heterocycles. The molecule has 0 heterocycles. The average Bonchev–Trinajstić information content (AvgIpc) is 2.49. The molecule has 0 fully saturated rings. The SMILES string of the molecule is C[C@@H](N=C(N)SCc1ccc(Cl)c(Cl)c1)c1ccccc1. The minimum absolute atomic E-state index is 0.0486. The van der Waals surface area contributed by atoms with Gasteiger partial charge in [-0.05, 0) is 30.2 Å². The molecule has 0 spiro atoms. The van der Waals surface area contributed by atoms with Crippen LogP contribution in [-0.2, 0) is 5.75 Å². The van der Waals surface area contributed by atoms with Crippen LogP contribution in [0.25, 0.3) is 0 Å². The first kappa shape index (κ1) is 16.2. The maximum Gasteiger partial charge on any atom is 0.154 e. The van der Waals surface area contributed by atoms with Crippen LogP contribution < -0.4 is 5.73 Å². The molecule has 2 aromatic carbocycles. The molecule has 110 valence electrons. The Balaban J connectivity index is 1.96. The highest BCUT2D eigenvalue weighted by Gasteiger charge is 2.05. The van der Waals surface area contributed by atoms with Gasteiger partial charge in [0.25, 0.3) is 0 Å². The summed E-state index contributed by atoms with van der Waals surface area (Å²) in [6.45, 7) is 2.03. The van der Waals surface area contributed by atoms with E-state index >= 15 is 0 Å². The van der Waals surface area contributed by atoms with Crippen LogP contribution in [0.4, 0.5) is 0 Å². The van der Waals surface area contributed by atoms with E-state index in [0.717, 1.165) is 11.1 Å². The lowest BCUT2D eigenvalue weighted by Gasteiger charge is -2.08. The molecule has 2 aromatic rings. The number of hydrogen-bond acceptors (Lipinski definition) is 2. The van der Waals surface area contributed by atoms with Crippen molar-refractivity contribution in [3.05, 3.63) is 69.7 Å². The molecule has 2 nitrogen and oxygen atoms in total. The summed E-state index contributed by atoms with van der Waals surface area (Å²) in [5, 5.41) is 1.69. The van der Waals surface area contributed by atoms with Crippen LogP contribution in [0.1, 0.15) is 24.1 Å². The van der Waals surface area contributed by atoms with Crippen LogP contribution in [0.5, 0.6) is 0 Å².